The number of esters is 1. The third-order valence-corrected chi connectivity index (χ3v) is 12.0. The van der Waals surface area contributed by atoms with Gasteiger partial charge in [-0.2, -0.15) is 0 Å². The molecule has 1 N–H and O–H groups in total. The van der Waals surface area contributed by atoms with E-state index in [1.165, 1.54) is 64.2 Å². The number of hydrogen-bond acceptors (Lipinski definition) is 4. The third kappa shape index (κ3) is 6.01. The first-order valence-electron chi connectivity index (χ1n) is 15.7. The van der Waals surface area contributed by atoms with Crippen LogP contribution in [0.25, 0.3) is 0 Å². The molecule has 0 aromatic carbocycles. The average Bonchev–Trinajstić information content (AvgIpc) is 3.23. The van der Waals surface area contributed by atoms with Gasteiger partial charge in [-0.1, -0.05) is 60.5 Å². The second-order valence-electron chi connectivity index (χ2n) is 14.4. The van der Waals surface area contributed by atoms with Crippen LogP contribution in [-0.2, 0) is 14.3 Å². The van der Waals surface area contributed by atoms with Gasteiger partial charge in [0.1, 0.15) is 6.61 Å². The van der Waals surface area contributed by atoms with Crippen molar-refractivity contribution in [3.8, 4) is 0 Å². The maximum Gasteiger partial charge on any atom is 0.335 e. The summed E-state index contributed by atoms with van der Waals surface area (Å²) in [7, 11) is 0. The molecular weight excluding hydrogens is 460 g/mol. The van der Waals surface area contributed by atoms with Gasteiger partial charge in [0.25, 0.3) is 0 Å². The van der Waals surface area contributed by atoms with Gasteiger partial charge >= 0.3 is 5.97 Å². The van der Waals surface area contributed by atoms with Crippen molar-refractivity contribution in [1.29, 1.82) is 0 Å². The van der Waals surface area contributed by atoms with Crippen molar-refractivity contribution in [2.45, 2.75) is 118 Å². The minimum absolute atomic E-state index is 0.0999. The van der Waals surface area contributed by atoms with E-state index in [1.54, 1.807) is 0 Å². The van der Waals surface area contributed by atoms with Crippen LogP contribution >= 0.6 is 0 Å². The molecule has 212 valence electrons. The lowest BCUT2D eigenvalue weighted by atomic mass is 9.44. The first-order chi connectivity index (χ1) is 17.6. The summed E-state index contributed by atoms with van der Waals surface area (Å²) in [4.78, 5) is 11.7. The van der Waals surface area contributed by atoms with Crippen LogP contribution in [0.15, 0.2) is 12.2 Å². The van der Waals surface area contributed by atoms with Gasteiger partial charge in [0.15, 0.2) is 0 Å². The second kappa shape index (κ2) is 12.1. The molecule has 0 saturated heterocycles. The summed E-state index contributed by atoms with van der Waals surface area (Å²) in [5.74, 6) is 5.66. The lowest BCUT2D eigenvalue weighted by molar-refractivity contribution is -0.147. The second-order valence-corrected chi connectivity index (χ2v) is 14.4. The van der Waals surface area contributed by atoms with Crippen molar-refractivity contribution in [1.82, 2.24) is 0 Å². The molecule has 1 unspecified atom stereocenters. The van der Waals surface area contributed by atoms with Crippen LogP contribution in [0, 0.1) is 52.3 Å². The average molecular weight is 517 g/mol. The molecule has 4 rings (SSSR count). The summed E-state index contributed by atoms with van der Waals surface area (Å²) in [5.41, 5.74) is 1.14. The van der Waals surface area contributed by atoms with Crippen molar-refractivity contribution < 1.29 is 19.4 Å². The van der Waals surface area contributed by atoms with Crippen molar-refractivity contribution in [3.63, 3.8) is 0 Å². The standard InChI is InChI=1S/C33H56O4/c1-22(2)8-7-9-23(3)28-12-13-29-27-11-10-25-20-26(36-18-19-37-31(35)24(4)21-34)14-16-32(25,5)30(27)15-17-33(28,29)6/h22-23,25-30,34H,4,7-21H2,1-3,5-6H3/t23-,25+,26+,27+,28?,29+,30+,32+,33-/m1/s1. The number of rotatable bonds is 11. The summed E-state index contributed by atoms with van der Waals surface area (Å²) < 4.78 is 11.3. The topological polar surface area (TPSA) is 55.8 Å². The third-order valence-electron chi connectivity index (χ3n) is 12.0. The fraction of sp³-hybridized carbons (Fsp3) is 0.909. The van der Waals surface area contributed by atoms with E-state index in [-0.39, 0.29) is 24.9 Å². The first kappa shape index (κ1) is 29.1. The van der Waals surface area contributed by atoms with Crippen LogP contribution in [0.3, 0.4) is 0 Å². The predicted octanol–water partition coefficient (Wildman–Crippen LogP) is 7.58. The van der Waals surface area contributed by atoms with Gasteiger partial charge in [-0.3, -0.25) is 0 Å². The van der Waals surface area contributed by atoms with Crippen LogP contribution < -0.4 is 0 Å². The van der Waals surface area contributed by atoms with Crippen molar-refractivity contribution in [2.75, 3.05) is 19.8 Å². The maximum atomic E-state index is 11.7. The quantitative estimate of drug-likeness (QED) is 0.175. The molecule has 4 saturated carbocycles. The fourth-order valence-electron chi connectivity index (χ4n) is 9.91. The van der Waals surface area contributed by atoms with Gasteiger partial charge in [0.05, 0.1) is 24.9 Å². The molecule has 0 bridgehead atoms. The number of carbonyl (C=O) groups excluding carboxylic acids is 1. The van der Waals surface area contributed by atoms with E-state index in [9.17, 15) is 4.79 Å². The number of ether oxygens (including phenoxy) is 2. The molecule has 4 heteroatoms. The highest BCUT2D eigenvalue weighted by Gasteiger charge is 2.60. The Labute approximate surface area is 227 Å². The highest BCUT2D eigenvalue weighted by atomic mass is 16.6. The van der Waals surface area contributed by atoms with Crippen molar-refractivity contribution >= 4 is 5.97 Å². The van der Waals surface area contributed by atoms with E-state index in [0.29, 0.717) is 17.4 Å². The lowest BCUT2D eigenvalue weighted by Crippen LogP contribution is -2.54. The van der Waals surface area contributed by atoms with Gasteiger partial charge in [0, 0.05) is 0 Å². The van der Waals surface area contributed by atoms with E-state index < -0.39 is 5.97 Å². The number of fused-ring (bicyclic) bond motifs is 5. The van der Waals surface area contributed by atoms with E-state index in [1.807, 2.05) is 0 Å². The van der Waals surface area contributed by atoms with Crippen LogP contribution in [0.4, 0.5) is 0 Å². The molecule has 0 aromatic heterocycles. The normalized spacial score (nSPS) is 40.0. The molecule has 4 aliphatic rings. The van der Waals surface area contributed by atoms with Gasteiger partial charge in [0.2, 0.25) is 0 Å². The van der Waals surface area contributed by atoms with Crippen LogP contribution in [-0.4, -0.2) is 37.0 Å². The predicted molar refractivity (Wildman–Crippen MR) is 150 cm³/mol. The Morgan fingerprint density at radius 1 is 0.946 bits per heavy atom. The Kier molecular flexibility index (Phi) is 9.53. The minimum Gasteiger partial charge on any atom is -0.460 e. The van der Waals surface area contributed by atoms with Crippen molar-refractivity contribution in [3.05, 3.63) is 12.2 Å². The van der Waals surface area contributed by atoms with Crippen molar-refractivity contribution in [2.24, 2.45) is 52.3 Å². The SMILES string of the molecule is C=C(CO)C(=O)OCCO[C@H]1CC[C@@]2(C)[C@@H](CC[C@@H]3[C@@H]2CC[C@]2(C)C([C@H](C)CCCC(C)C)CC[C@@H]32)C1. The lowest BCUT2D eigenvalue weighted by Gasteiger charge is -2.61. The van der Waals surface area contributed by atoms with E-state index in [4.69, 9.17) is 14.6 Å². The molecule has 0 spiro atoms. The van der Waals surface area contributed by atoms with E-state index in [2.05, 4.69) is 41.2 Å². The monoisotopic (exact) mass is 516 g/mol. The fourth-order valence-corrected chi connectivity index (χ4v) is 9.91. The number of aliphatic hydroxyl groups is 1. The first-order valence-corrected chi connectivity index (χ1v) is 15.7. The van der Waals surface area contributed by atoms with Crippen LogP contribution in [0.1, 0.15) is 112 Å². The molecule has 4 nitrogen and oxygen atoms in total. The van der Waals surface area contributed by atoms with E-state index >= 15 is 0 Å². The largest absolute Gasteiger partial charge is 0.460 e. The zero-order valence-corrected chi connectivity index (χ0v) is 24.6. The molecule has 0 amide bonds. The number of carbonyl (C=O) groups is 1. The number of hydrogen-bond donors (Lipinski definition) is 1. The Balaban J connectivity index is 1.30. The molecule has 0 heterocycles. The maximum absolute atomic E-state index is 11.7. The molecule has 0 aromatic rings. The Morgan fingerprint density at radius 3 is 2.41 bits per heavy atom. The molecule has 0 aliphatic heterocycles. The smallest absolute Gasteiger partial charge is 0.335 e. The van der Waals surface area contributed by atoms with E-state index in [0.717, 1.165) is 54.3 Å². The summed E-state index contributed by atoms with van der Waals surface area (Å²) in [5, 5.41) is 9.00. The summed E-state index contributed by atoms with van der Waals surface area (Å²) in [6.07, 6.45) is 16.7. The van der Waals surface area contributed by atoms with Crippen LogP contribution in [0.5, 0.6) is 0 Å². The zero-order chi connectivity index (χ0) is 26.8. The molecular formula is C33H56O4. The Morgan fingerprint density at radius 2 is 1.68 bits per heavy atom. The van der Waals surface area contributed by atoms with Gasteiger partial charge in [-0.25, -0.2) is 4.79 Å². The summed E-state index contributed by atoms with van der Waals surface area (Å²) in [6, 6.07) is 0. The van der Waals surface area contributed by atoms with Gasteiger partial charge < -0.3 is 14.6 Å². The molecule has 4 fully saturated rings. The highest BCUT2D eigenvalue weighted by Crippen LogP contribution is 2.68. The molecule has 0 radical (unpaired) electrons. The summed E-state index contributed by atoms with van der Waals surface area (Å²) >= 11 is 0. The Hall–Kier alpha value is -0.870. The van der Waals surface area contributed by atoms with Crippen LogP contribution in [0.2, 0.25) is 0 Å². The zero-order valence-electron chi connectivity index (χ0n) is 24.6. The van der Waals surface area contributed by atoms with Gasteiger partial charge in [-0.05, 0) is 110 Å². The molecule has 4 aliphatic carbocycles. The molecule has 9 atom stereocenters. The molecule has 37 heavy (non-hydrogen) atoms. The highest BCUT2D eigenvalue weighted by molar-refractivity contribution is 5.87. The Bertz CT molecular complexity index is 791. The van der Waals surface area contributed by atoms with Gasteiger partial charge in [-0.15, -0.1) is 0 Å². The number of aliphatic hydroxyl groups excluding tert-OH is 1. The minimum atomic E-state index is -0.524. The summed E-state index contributed by atoms with van der Waals surface area (Å²) in [6.45, 7) is 16.5.